The Hall–Kier alpha value is -2.15. The molecular formula is C14H14BrNO5. The summed E-state index contributed by atoms with van der Waals surface area (Å²) < 4.78 is 10.1. The van der Waals surface area contributed by atoms with E-state index in [2.05, 4.69) is 30.7 Å². The number of anilines is 1. The van der Waals surface area contributed by atoms with Crippen molar-refractivity contribution in [1.29, 1.82) is 0 Å². The largest absolute Gasteiger partial charge is 0.463 e. The van der Waals surface area contributed by atoms with Crippen molar-refractivity contribution in [2.45, 2.75) is 6.92 Å². The molecule has 1 rings (SSSR count). The molecule has 0 aliphatic carbocycles. The molecule has 0 aliphatic heterocycles. The van der Waals surface area contributed by atoms with E-state index in [-0.39, 0.29) is 6.61 Å². The maximum atomic E-state index is 11.5. The molecule has 1 amide bonds. The Morgan fingerprint density at radius 2 is 1.67 bits per heavy atom. The molecule has 0 bridgehead atoms. The third kappa shape index (κ3) is 7.26. The van der Waals surface area contributed by atoms with Crippen LogP contribution in [0.15, 0.2) is 40.9 Å². The molecule has 7 heteroatoms. The molecule has 0 saturated heterocycles. The van der Waals surface area contributed by atoms with Gasteiger partial charge < -0.3 is 14.8 Å². The molecule has 112 valence electrons. The molecule has 0 radical (unpaired) electrons. The highest BCUT2D eigenvalue weighted by Gasteiger charge is 2.06. The normalized spacial score (nSPS) is 10.2. The summed E-state index contributed by atoms with van der Waals surface area (Å²) in [6.45, 7) is 1.42. The van der Waals surface area contributed by atoms with Gasteiger partial charge in [-0.05, 0) is 31.2 Å². The molecule has 0 heterocycles. The zero-order valence-corrected chi connectivity index (χ0v) is 12.9. The number of amides is 1. The molecule has 0 atom stereocenters. The second-order valence-corrected chi connectivity index (χ2v) is 4.66. The predicted octanol–water partition coefficient (Wildman–Crippen LogP) is 2.05. The summed E-state index contributed by atoms with van der Waals surface area (Å²) in [5.74, 6) is -1.92. The molecule has 1 aromatic carbocycles. The van der Waals surface area contributed by atoms with Gasteiger partial charge in [-0.2, -0.15) is 0 Å². The zero-order chi connectivity index (χ0) is 15.7. The lowest BCUT2D eigenvalue weighted by molar-refractivity contribution is -0.143. The molecule has 0 aliphatic rings. The number of ether oxygens (including phenoxy) is 2. The Bertz CT molecular complexity index is 539. The second-order valence-electron chi connectivity index (χ2n) is 3.75. The molecule has 0 fully saturated rings. The van der Waals surface area contributed by atoms with Crippen LogP contribution in [0.3, 0.4) is 0 Å². The van der Waals surface area contributed by atoms with Crippen LogP contribution in [0.2, 0.25) is 0 Å². The number of benzene rings is 1. The Morgan fingerprint density at radius 1 is 1.10 bits per heavy atom. The Balaban J connectivity index is 2.34. The van der Waals surface area contributed by atoms with Crippen LogP contribution in [0.5, 0.6) is 0 Å². The van der Waals surface area contributed by atoms with Gasteiger partial charge in [0.15, 0.2) is 6.61 Å². The first-order valence-corrected chi connectivity index (χ1v) is 6.87. The maximum absolute atomic E-state index is 11.5. The van der Waals surface area contributed by atoms with Crippen LogP contribution in [-0.4, -0.2) is 31.1 Å². The number of rotatable bonds is 6. The smallest absolute Gasteiger partial charge is 0.331 e. The monoisotopic (exact) mass is 355 g/mol. The first kappa shape index (κ1) is 16.9. The SMILES string of the molecule is CCOC(=O)/C=C/C(=O)OCC(=O)Nc1ccc(Br)cc1. The number of hydrogen-bond donors (Lipinski definition) is 1. The quantitative estimate of drug-likeness (QED) is 0.623. The van der Waals surface area contributed by atoms with Crippen LogP contribution in [0.25, 0.3) is 0 Å². The van der Waals surface area contributed by atoms with Crippen LogP contribution in [0, 0.1) is 0 Å². The van der Waals surface area contributed by atoms with E-state index >= 15 is 0 Å². The molecule has 0 unspecified atom stereocenters. The van der Waals surface area contributed by atoms with Gasteiger partial charge in [-0.25, -0.2) is 9.59 Å². The van der Waals surface area contributed by atoms with Crippen molar-refractivity contribution in [2.24, 2.45) is 0 Å². The maximum Gasteiger partial charge on any atom is 0.331 e. The standard InChI is InChI=1S/C14H14BrNO5/c1-2-20-13(18)7-8-14(19)21-9-12(17)16-11-5-3-10(15)4-6-11/h3-8H,2,9H2,1H3,(H,16,17)/b8-7+. The van der Waals surface area contributed by atoms with Gasteiger partial charge in [0.1, 0.15) is 0 Å². The molecule has 1 N–H and O–H groups in total. The number of esters is 2. The van der Waals surface area contributed by atoms with Crippen molar-refractivity contribution in [3.05, 3.63) is 40.9 Å². The topological polar surface area (TPSA) is 81.7 Å². The van der Waals surface area contributed by atoms with Gasteiger partial charge >= 0.3 is 11.9 Å². The molecule has 0 aromatic heterocycles. The van der Waals surface area contributed by atoms with Crippen LogP contribution in [-0.2, 0) is 23.9 Å². The molecule has 6 nitrogen and oxygen atoms in total. The molecule has 21 heavy (non-hydrogen) atoms. The number of nitrogens with one attached hydrogen (secondary N) is 1. The lowest BCUT2D eigenvalue weighted by Gasteiger charge is -2.05. The highest BCUT2D eigenvalue weighted by atomic mass is 79.9. The molecule has 0 saturated carbocycles. The number of halogens is 1. The van der Waals surface area contributed by atoms with Gasteiger partial charge in [0.25, 0.3) is 5.91 Å². The van der Waals surface area contributed by atoms with Gasteiger partial charge in [0, 0.05) is 22.3 Å². The second kappa shape index (κ2) is 8.91. The average molecular weight is 356 g/mol. The van der Waals surface area contributed by atoms with Crippen LogP contribution in [0.4, 0.5) is 5.69 Å². The van der Waals surface area contributed by atoms with Gasteiger partial charge in [-0.15, -0.1) is 0 Å². The fourth-order valence-corrected chi connectivity index (χ4v) is 1.51. The summed E-state index contributed by atoms with van der Waals surface area (Å²) >= 11 is 3.27. The zero-order valence-electron chi connectivity index (χ0n) is 11.3. The lowest BCUT2D eigenvalue weighted by atomic mass is 10.3. The number of carbonyl (C=O) groups is 3. The van der Waals surface area contributed by atoms with E-state index in [1.54, 1.807) is 31.2 Å². The third-order valence-corrected chi connectivity index (χ3v) is 2.64. The summed E-state index contributed by atoms with van der Waals surface area (Å²) in [5.41, 5.74) is 0.585. The van der Waals surface area contributed by atoms with Gasteiger partial charge in [0.05, 0.1) is 6.61 Å². The number of carbonyl (C=O) groups excluding carboxylic acids is 3. The van der Waals surface area contributed by atoms with Crippen molar-refractivity contribution < 1.29 is 23.9 Å². The minimum atomic E-state index is -0.797. The van der Waals surface area contributed by atoms with Crippen molar-refractivity contribution in [2.75, 3.05) is 18.5 Å². The lowest BCUT2D eigenvalue weighted by Crippen LogP contribution is -2.20. The van der Waals surface area contributed by atoms with Gasteiger partial charge in [-0.1, -0.05) is 15.9 Å². The van der Waals surface area contributed by atoms with E-state index in [0.29, 0.717) is 5.69 Å². The summed E-state index contributed by atoms with van der Waals surface area (Å²) in [4.78, 5) is 33.7. The predicted molar refractivity (Wildman–Crippen MR) is 79.5 cm³/mol. The average Bonchev–Trinajstić information content (AvgIpc) is 2.46. The van der Waals surface area contributed by atoms with E-state index in [1.807, 2.05) is 0 Å². The van der Waals surface area contributed by atoms with E-state index in [4.69, 9.17) is 0 Å². The van der Waals surface area contributed by atoms with Gasteiger partial charge in [-0.3, -0.25) is 4.79 Å². The summed E-state index contributed by atoms with van der Waals surface area (Å²) in [5, 5.41) is 2.56. The fraction of sp³-hybridized carbons (Fsp3) is 0.214. The Morgan fingerprint density at radius 3 is 2.24 bits per heavy atom. The minimum absolute atomic E-state index is 0.216. The number of hydrogen-bond acceptors (Lipinski definition) is 5. The van der Waals surface area contributed by atoms with E-state index in [9.17, 15) is 14.4 Å². The van der Waals surface area contributed by atoms with E-state index in [1.165, 1.54) is 0 Å². The molecular weight excluding hydrogens is 342 g/mol. The van der Waals surface area contributed by atoms with Crippen LogP contribution < -0.4 is 5.32 Å². The Kier molecular flexibility index (Phi) is 7.17. The highest BCUT2D eigenvalue weighted by molar-refractivity contribution is 9.10. The first-order valence-electron chi connectivity index (χ1n) is 6.08. The summed E-state index contributed by atoms with van der Waals surface area (Å²) in [6.07, 6.45) is 1.85. The minimum Gasteiger partial charge on any atom is -0.463 e. The fourth-order valence-electron chi connectivity index (χ4n) is 1.24. The molecule has 1 aromatic rings. The van der Waals surface area contributed by atoms with Crippen molar-refractivity contribution >= 4 is 39.5 Å². The van der Waals surface area contributed by atoms with Crippen molar-refractivity contribution in [3.8, 4) is 0 Å². The first-order chi connectivity index (χ1) is 10.0. The van der Waals surface area contributed by atoms with Crippen LogP contribution >= 0.6 is 15.9 Å². The van der Waals surface area contributed by atoms with E-state index < -0.39 is 24.5 Å². The third-order valence-electron chi connectivity index (χ3n) is 2.12. The summed E-state index contributed by atoms with van der Waals surface area (Å²) in [6, 6.07) is 6.93. The van der Waals surface area contributed by atoms with Crippen LogP contribution in [0.1, 0.15) is 6.92 Å². The van der Waals surface area contributed by atoms with E-state index in [0.717, 1.165) is 16.6 Å². The van der Waals surface area contributed by atoms with Crippen molar-refractivity contribution in [3.63, 3.8) is 0 Å². The van der Waals surface area contributed by atoms with Gasteiger partial charge in [0.2, 0.25) is 0 Å². The highest BCUT2D eigenvalue weighted by Crippen LogP contribution is 2.13. The van der Waals surface area contributed by atoms with Crippen molar-refractivity contribution in [1.82, 2.24) is 0 Å². The Labute approximate surface area is 130 Å². The molecule has 0 spiro atoms. The summed E-state index contributed by atoms with van der Waals surface area (Å²) in [7, 11) is 0.